The summed E-state index contributed by atoms with van der Waals surface area (Å²) >= 11 is 0. The zero-order valence-electron chi connectivity index (χ0n) is 14.8. The Morgan fingerprint density at radius 2 is 1.96 bits per heavy atom. The van der Waals surface area contributed by atoms with Crippen LogP contribution in [-0.2, 0) is 21.5 Å². The Kier molecular flexibility index (Phi) is 5.08. The van der Waals surface area contributed by atoms with Gasteiger partial charge in [-0.1, -0.05) is 6.92 Å². The van der Waals surface area contributed by atoms with Gasteiger partial charge < -0.3 is 5.32 Å². The lowest BCUT2D eigenvalue weighted by molar-refractivity contribution is -0.113. The fraction of sp³-hybridized carbons (Fsp3) is 0.235. The van der Waals surface area contributed by atoms with Crippen molar-refractivity contribution in [3.05, 3.63) is 59.8 Å². The number of anilines is 1. The van der Waals surface area contributed by atoms with E-state index < -0.39 is 21.9 Å². The molecule has 0 radical (unpaired) electrons. The molecule has 2 aromatic rings. The molecule has 0 bridgehead atoms. The zero-order chi connectivity index (χ0) is 19.6. The van der Waals surface area contributed by atoms with E-state index in [0.29, 0.717) is 17.8 Å². The lowest BCUT2D eigenvalue weighted by atomic mass is 10.1. The summed E-state index contributed by atoms with van der Waals surface area (Å²) in [6.07, 6.45) is 5.38. The molecule has 1 N–H and O–H groups in total. The van der Waals surface area contributed by atoms with Crippen molar-refractivity contribution in [2.45, 2.75) is 19.9 Å². The van der Waals surface area contributed by atoms with Gasteiger partial charge in [-0.05, 0) is 36.8 Å². The number of allylic oxidation sites excluding steroid dienone is 1. The van der Waals surface area contributed by atoms with E-state index in [1.807, 2.05) is 6.92 Å². The summed E-state index contributed by atoms with van der Waals surface area (Å²) in [6.45, 7) is 2.71. The third-order valence-corrected chi connectivity index (χ3v) is 5.21. The van der Waals surface area contributed by atoms with Crippen molar-refractivity contribution in [3.8, 4) is 0 Å². The van der Waals surface area contributed by atoms with E-state index in [1.54, 1.807) is 10.9 Å². The molecule has 0 atom stereocenters. The van der Waals surface area contributed by atoms with Crippen LogP contribution >= 0.6 is 0 Å². The smallest absolute Gasteiger partial charge is 0.318 e. The van der Waals surface area contributed by atoms with Crippen LogP contribution in [0.2, 0.25) is 0 Å². The molecule has 2 heterocycles. The van der Waals surface area contributed by atoms with Crippen LogP contribution in [0.3, 0.4) is 0 Å². The summed E-state index contributed by atoms with van der Waals surface area (Å²) in [6, 6.07) is 5.18. The quantitative estimate of drug-likeness (QED) is 0.842. The number of benzene rings is 1. The molecule has 10 heteroatoms. The van der Waals surface area contributed by atoms with Gasteiger partial charge in [-0.2, -0.15) is 13.5 Å². The maximum atomic E-state index is 13.1. The van der Waals surface area contributed by atoms with Crippen molar-refractivity contribution in [2.24, 2.45) is 4.40 Å². The molecule has 0 saturated carbocycles. The fourth-order valence-corrected chi connectivity index (χ4v) is 3.41. The maximum absolute atomic E-state index is 13.1. The standard InChI is InChI=1S/C17H18FN5O3S/c1-3-8-23-11-14(10-19-23)20-17(24)16-9-15(21-27(25,26)22(16)2)12-4-6-13(18)7-5-12/h4-7,9-11H,3,8H2,1-2H3,(H,20,24). The van der Waals surface area contributed by atoms with Crippen molar-refractivity contribution in [1.29, 1.82) is 0 Å². The van der Waals surface area contributed by atoms with Crippen LogP contribution in [0.15, 0.2) is 52.8 Å². The lowest BCUT2D eigenvalue weighted by Crippen LogP contribution is -2.35. The van der Waals surface area contributed by atoms with Gasteiger partial charge in [0.25, 0.3) is 5.91 Å². The highest BCUT2D eigenvalue weighted by Crippen LogP contribution is 2.21. The number of nitrogens with one attached hydrogen (secondary N) is 1. The first-order valence-corrected chi connectivity index (χ1v) is 9.60. The Bertz CT molecular complexity index is 1030. The van der Waals surface area contributed by atoms with Gasteiger partial charge in [0.1, 0.15) is 11.5 Å². The molecule has 1 amide bonds. The number of likely N-dealkylation sites (N-methyl/N-ethyl adjacent to an activating group) is 1. The van der Waals surface area contributed by atoms with Crippen molar-refractivity contribution >= 4 is 27.5 Å². The van der Waals surface area contributed by atoms with Crippen molar-refractivity contribution < 1.29 is 17.6 Å². The number of aryl methyl sites for hydroxylation is 1. The first-order chi connectivity index (χ1) is 12.8. The molecule has 1 aliphatic rings. The molecule has 0 fully saturated rings. The third-order valence-electron chi connectivity index (χ3n) is 3.89. The van der Waals surface area contributed by atoms with Crippen molar-refractivity contribution in [3.63, 3.8) is 0 Å². The minimum atomic E-state index is -4.08. The summed E-state index contributed by atoms with van der Waals surface area (Å²) < 4.78 is 43.9. The number of carbonyl (C=O) groups excluding carboxylic acids is 1. The Labute approximate surface area is 156 Å². The number of aromatic nitrogens is 2. The molecule has 8 nitrogen and oxygen atoms in total. The number of amides is 1. The van der Waals surface area contributed by atoms with Crippen LogP contribution in [0.4, 0.5) is 10.1 Å². The van der Waals surface area contributed by atoms with Gasteiger partial charge in [-0.15, -0.1) is 4.40 Å². The molecule has 0 unspecified atom stereocenters. The molecular formula is C17H18FN5O3S. The molecule has 0 spiro atoms. The van der Waals surface area contributed by atoms with Gasteiger partial charge in [-0.3, -0.25) is 9.48 Å². The highest BCUT2D eigenvalue weighted by molar-refractivity contribution is 7.88. The summed E-state index contributed by atoms with van der Waals surface area (Å²) in [5.74, 6) is -1.08. The second kappa shape index (κ2) is 7.31. The highest BCUT2D eigenvalue weighted by Gasteiger charge is 2.30. The Morgan fingerprint density at radius 3 is 2.63 bits per heavy atom. The van der Waals surface area contributed by atoms with Crippen LogP contribution < -0.4 is 5.32 Å². The molecular weight excluding hydrogens is 373 g/mol. The average molecular weight is 391 g/mol. The largest absolute Gasteiger partial charge is 0.345 e. The molecule has 1 aromatic carbocycles. The summed E-state index contributed by atoms with van der Waals surface area (Å²) in [5.41, 5.74) is 0.785. The topological polar surface area (TPSA) is 96.7 Å². The Hall–Kier alpha value is -3.01. The SMILES string of the molecule is CCCn1cc(NC(=O)C2=CC(c3ccc(F)cc3)=NS(=O)(=O)N2C)cn1. The van der Waals surface area contributed by atoms with Gasteiger partial charge in [0.2, 0.25) is 0 Å². The van der Waals surface area contributed by atoms with Crippen LogP contribution in [0.25, 0.3) is 0 Å². The number of nitrogens with zero attached hydrogens (tertiary/aromatic N) is 4. The minimum absolute atomic E-state index is 0.0555. The van der Waals surface area contributed by atoms with Gasteiger partial charge in [0.15, 0.2) is 0 Å². The van der Waals surface area contributed by atoms with E-state index in [4.69, 9.17) is 0 Å². The molecule has 142 valence electrons. The first kappa shape index (κ1) is 18.8. The average Bonchev–Trinajstić information content (AvgIpc) is 3.05. The van der Waals surface area contributed by atoms with Crippen molar-refractivity contribution in [2.75, 3.05) is 12.4 Å². The van der Waals surface area contributed by atoms with Gasteiger partial charge in [0, 0.05) is 25.4 Å². The number of hydrogen-bond acceptors (Lipinski definition) is 4. The van der Waals surface area contributed by atoms with E-state index in [9.17, 15) is 17.6 Å². The van der Waals surface area contributed by atoms with Crippen LogP contribution in [0.1, 0.15) is 18.9 Å². The third kappa shape index (κ3) is 4.05. The first-order valence-electron chi connectivity index (χ1n) is 8.20. The van der Waals surface area contributed by atoms with E-state index >= 15 is 0 Å². The molecule has 27 heavy (non-hydrogen) atoms. The highest BCUT2D eigenvalue weighted by atomic mass is 32.2. The van der Waals surface area contributed by atoms with Crippen LogP contribution in [0, 0.1) is 5.82 Å². The van der Waals surface area contributed by atoms with Gasteiger partial charge in [-0.25, -0.2) is 8.70 Å². The van der Waals surface area contributed by atoms with Crippen LogP contribution in [0.5, 0.6) is 0 Å². The molecule has 0 saturated heterocycles. The monoisotopic (exact) mass is 391 g/mol. The molecule has 3 rings (SSSR count). The van der Waals surface area contributed by atoms with Gasteiger partial charge in [0.05, 0.1) is 17.6 Å². The zero-order valence-corrected chi connectivity index (χ0v) is 15.6. The second-order valence-corrected chi connectivity index (χ2v) is 7.53. The number of rotatable bonds is 5. The second-order valence-electron chi connectivity index (χ2n) is 5.90. The predicted molar refractivity (Wildman–Crippen MR) is 98.9 cm³/mol. The normalized spacial score (nSPS) is 15.9. The summed E-state index contributed by atoms with van der Waals surface area (Å²) in [7, 11) is -2.84. The fourth-order valence-electron chi connectivity index (χ4n) is 2.50. The van der Waals surface area contributed by atoms with Crippen molar-refractivity contribution in [1.82, 2.24) is 14.1 Å². The number of hydrogen-bond donors (Lipinski definition) is 1. The number of carbonyl (C=O) groups is 1. The van der Waals surface area contributed by atoms with E-state index in [2.05, 4.69) is 14.8 Å². The summed E-state index contributed by atoms with van der Waals surface area (Å²) in [5, 5.41) is 6.74. The Morgan fingerprint density at radius 1 is 1.26 bits per heavy atom. The van der Waals surface area contributed by atoms with Crippen LogP contribution in [-0.4, -0.2) is 41.2 Å². The minimum Gasteiger partial charge on any atom is -0.318 e. The van der Waals surface area contributed by atoms with E-state index in [-0.39, 0.29) is 11.4 Å². The lowest BCUT2D eigenvalue weighted by Gasteiger charge is -2.23. The maximum Gasteiger partial charge on any atom is 0.345 e. The summed E-state index contributed by atoms with van der Waals surface area (Å²) in [4.78, 5) is 12.6. The van der Waals surface area contributed by atoms with E-state index in [0.717, 1.165) is 10.7 Å². The van der Waals surface area contributed by atoms with Gasteiger partial charge >= 0.3 is 10.2 Å². The molecule has 1 aromatic heterocycles. The van der Waals surface area contributed by atoms with E-state index in [1.165, 1.54) is 43.6 Å². The number of halogens is 1. The molecule has 1 aliphatic heterocycles. The Balaban J connectivity index is 1.90. The molecule has 0 aliphatic carbocycles. The predicted octanol–water partition coefficient (Wildman–Crippen LogP) is 1.93.